The van der Waals surface area contributed by atoms with Gasteiger partial charge in [-0.3, -0.25) is 0 Å². The normalized spacial score (nSPS) is 14.2. The summed E-state index contributed by atoms with van der Waals surface area (Å²) in [6.45, 7) is 6.08. The van der Waals surface area contributed by atoms with Gasteiger partial charge in [0.1, 0.15) is 5.56 Å². The molecule has 2 heterocycles. The van der Waals surface area contributed by atoms with Gasteiger partial charge in [0.15, 0.2) is 6.29 Å². The Morgan fingerprint density at radius 3 is 2.60 bits per heavy atom. The molecule has 1 fully saturated rings. The molecule has 3 aromatic rings. The summed E-state index contributed by atoms with van der Waals surface area (Å²) in [5.41, 5.74) is 2.16. The van der Waals surface area contributed by atoms with Gasteiger partial charge in [0.05, 0.1) is 19.8 Å². The molecule has 9 heteroatoms. The van der Waals surface area contributed by atoms with Crippen molar-refractivity contribution in [2.24, 2.45) is 5.92 Å². The minimum Gasteiger partial charge on any atom is -0.477 e. The van der Waals surface area contributed by atoms with Gasteiger partial charge in [-0.2, -0.15) is 4.98 Å². The van der Waals surface area contributed by atoms with E-state index >= 15 is 0 Å². The third kappa shape index (κ3) is 6.79. The lowest BCUT2D eigenvalue weighted by Crippen LogP contribution is -2.23. The van der Waals surface area contributed by atoms with E-state index in [2.05, 4.69) is 15.1 Å². The van der Waals surface area contributed by atoms with Crippen LogP contribution in [0, 0.1) is 5.92 Å². The topological polar surface area (TPSA) is 88.7 Å². The first kappa shape index (κ1) is 25.6. The summed E-state index contributed by atoms with van der Waals surface area (Å²) in [6.07, 6.45) is 6.19. The van der Waals surface area contributed by atoms with Gasteiger partial charge in [-0.1, -0.05) is 41.7 Å². The highest BCUT2D eigenvalue weighted by molar-refractivity contribution is 6.31. The summed E-state index contributed by atoms with van der Waals surface area (Å²) in [7, 11) is 0. The number of rotatable bonds is 13. The largest absolute Gasteiger partial charge is 0.477 e. The number of ether oxygens (including phenoxy) is 4. The zero-order valence-corrected chi connectivity index (χ0v) is 21.0. The number of pyridine rings is 1. The molecule has 8 nitrogen and oxygen atoms in total. The van der Waals surface area contributed by atoms with Crippen LogP contribution in [0.15, 0.2) is 41.1 Å². The maximum Gasteiger partial charge on any atom is 0.263 e. The monoisotopic (exact) mass is 501 g/mol. The van der Waals surface area contributed by atoms with Gasteiger partial charge in [0, 0.05) is 35.6 Å². The van der Waals surface area contributed by atoms with Crippen LogP contribution in [0.3, 0.4) is 0 Å². The molecule has 0 radical (unpaired) electrons. The Morgan fingerprint density at radius 2 is 1.83 bits per heavy atom. The highest BCUT2D eigenvalue weighted by Crippen LogP contribution is 2.33. The highest BCUT2D eigenvalue weighted by Gasteiger charge is 2.21. The summed E-state index contributed by atoms with van der Waals surface area (Å²) in [6, 6.07) is 9.25. The lowest BCUT2D eigenvalue weighted by Gasteiger charge is -2.17. The lowest BCUT2D eigenvalue weighted by atomic mass is 10.1. The Kier molecular flexibility index (Phi) is 9.48. The fourth-order valence-corrected chi connectivity index (χ4v) is 4.40. The van der Waals surface area contributed by atoms with Crippen LogP contribution in [-0.4, -0.2) is 47.8 Å². The molecule has 0 atom stereocenters. The van der Waals surface area contributed by atoms with Gasteiger partial charge >= 0.3 is 0 Å². The van der Waals surface area contributed by atoms with Gasteiger partial charge in [-0.25, -0.2) is 4.98 Å². The molecule has 1 saturated carbocycles. The Bertz CT molecular complexity index is 1060. The molecule has 0 aliphatic heterocycles. The van der Waals surface area contributed by atoms with Crippen LogP contribution in [0.25, 0.3) is 22.8 Å². The minimum absolute atomic E-state index is 0.248. The van der Waals surface area contributed by atoms with Crippen LogP contribution in [-0.2, 0) is 20.8 Å². The number of nitrogens with zero attached hydrogens (tertiary/aromatic N) is 3. The fourth-order valence-electron chi connectivity index (χ4n) is 4.17. The van der Waals surface area contributed by atoms with Crippen molar-refractivity contribution in [3.8, 4) is 28.7 Å². The van der Waals surface area contributed by atoms with Crippen molar-refractivity contribution in [1.82, 2.24) is 15.1 Å². The van der Waals surface area contributed by atoms with E-state index in [1.165, 1.54) is 25.7 Å². The molecule has 1 aliphatic rings. The predicted octanol–water partition coefficient (Wildman–Crippen LogP) is 5.94. The van der Waals surface area contributed by atoms with Crippen LogP contribution in [0.5, 0.6) is 5.88 Å². The summed E-state index contributed by atoms with van der Waals surface area (Å²) in [5.74, 6) is 1.83. The number of hydrogen-bond acceptors (Lipinski definition) is 8. The molecule has 0 spiro atoms. The smallest absolute Gasteiger partial charge is 0.263 e. The molecule has 188 valence electrons. The molecule has 0 unspecified atom stereocenters. The van der Waals surface area contributed by atoms with Crippen molar-refractivity contribution in [1.29, 1.82) is 0 Å². The summed E-state index contributed by atoms with van der Waals surface area (Å²) < 4.78 is 28.6. The number of halogens is 1. The molecule has 1 aliphatic carbocycles. The van der Waals surface area contributed by atoms with Crippen molar-refractivity contribution in [2.75, 3.05) is 26.4 Å². The van der Waals surface area contributed by atoms with Crippen molar-refractivity contribution in [2.45, 2.75) is 52.4 Å². The first-order chi connectivity index (χ1) is 17.2. The first-order valence-electron chi connectivity index (χ1n) is 12.2. The summed E-state index contributed by atoms with van der Waals surface area (Å²) >= 11 is 6.51. The molecule has 0 amide bonds. The number of hydrogen-bond donors (Lipinski definition) is 0. The van der Waals surface area contributed by atoms with E-state index < -0.39 is 6.29 Å². The standard InChI is InChI=1S/C26H32ClN3O5/c1-3-32-23(33-4-2)17-31-16-21-19(11-7-13-22(21)27)24-29-26(35-30-24)20-12-8-14-28-25(20)34-15-18-9-5-6-10-18/h7-8,11-14,18,23H,3-6,9-10,15-17H2,1-2H3. The van der Waals surface area contributed by atoms with Crippen LogP contribution >= 0.6 is 11.6 Å². The second-order valence-electron chi connectivity index (χ2n) is 8.36. The molecular formula is C26H32ClN3O5. The molecule has 0 bridgehead atoms. The number of aromatic nitrogens is 3. The molecule has 4 rings (SSSR count). The zero-order valence-electron chi connectivity index (χ0n) is 20.2. The van der Waals surface area contributed by atoms with Gasteiger partial charge in [-0.05, 0) is 50.8 Å². The Balaban J connectivity index is 1.49. The van der Waals surface area contributed by atoms with Gasteiger partial charge < -0.3 is 23.5 Å². The average molecular weight is 502 g/mol. The van der Waals surface area contributed by atoms with E-state index in [-0.39, 0.29) is 13.2 Å². The van der Waals surface area contributed by atoms with Crippen molar-refractivity contribution >= 4 is 11.6 Å². The van der Waals surface area contributed by atoms with Crippen LogP contribution < -0.4 is 4.74 Å². The number of benzene rings is 1. The van der Waals surface area contributed by atoms with Crippen LogP contribution in [0.1, 0.15) is 45.1 Å². The first-order valence-corrected chi connectivity index (χ1v) is 12.6. The van der Waals surface area contributed by atoms with Crippen LogP contribution in [0.4, 0.5) is 0 Å². The average Bonchev–Trinajstić information content (AvgIpc) is 3.57. The van der Waals surface area contributed by atoms with Gasteiger partial charge in [0.2, 0.25) is 11.7 Å². The Labute approximate surface area is 210 Å². The maximum absolute atomic E-state index is 6.51. The summed E-state index contributed by atoms with van der Waals surface area (Å²) in [4.78, 5) is 9.04. The lowest BCUT2D eigenvalue weighted by molar-refractivity contribution is -0.169. The minimum atomic E-state index is -0.430. The predicted molar refractivity (Wildman–Crippen MR) is 132 cm³/mol. The Morgan fingerprint density at radius 1 is 1.06 bits per heavy atom. The van der Waals surface area contributed by atoms with E-state index in [1.54, 1.807) is 6.20 Å². The molecule has 1 aromatic carbocycles. The van der Waals surface area contributed by atoms with Crippen molar-refractivity contribution in [3.05, 3.63) is 47.1 Å². The van der Waals surface area contributed by atoms with Gasteiger partial charge in [0.25, 0.3) is 5.89 Å². The second-order valence-corrected chi connectivity index (χ2v) is 8.77. The maximum atomic E-state index is 6.51. The van der Waals surface area contributed by atoms with E-state index in [0.29, 0.717) is 53.9 Å². The van der Waals surface area contributed by atoms with Crippen LogP contribution in [0.2, 0.25) is 5.02 Å². The third-order valence-corrected chi connectivity index (χ3v) is 6.28. The molecular weight excluding hydrogens is 470 g/mol. The van der Waals surface area contributed by atoms with Crippen molar-refractivity contribution < 1.29 is 23.5 Å². The quantitative estimate of drug-likeness (QED) is 0.266. The second kappa shape index (κ2) is 13.0. The van der Waals surface area contributed by atoms with E-state index in [0.717, 1.165) is 11.1 Å². The zero-order chi connectivity index (χ0) is 24.5. The van der Waals surface area contributed by atoms with E-state index in [1.807, 2.05) is 44.2 Å². The third-order valence-electron chi connectivity index (χ3n) is 5.92. The molecule has 0 saturated heterocycles. The Hall–Kier alpha value is -2.52. The molecule has 35 heavy (non-hydrogen) atoms. The van der Waals surface area contributed by atoms with E-state index in [9.17, 15) is 0 Å². The van der Waals surface area contributed by atoms with E-state index in [4.69, 9.17) is 35.1 Å². The molecule has 0 N–H and O–H groups in total. The SMILES string of the molecule is CCOC(COCc1c(Cl)cccc1-c1noc(-c2cccnc2OCC2CCCC2)n1)OCC. The molecule has 2 aromatic heterocycles. The summed E-state index contributed by atoms with van der Waals surface area (Å²) in [5, 5.41) is 4.77. The van der Waals surface area contributed by atoms with Gasteiger partial charge in [-0.15, -0.1) is 0 Å². The van der Waals surface area contributed by atoms with Crippen molar-refractivity contribution in [3.63, 3.8) is 0 Å². The highest BCUT2D eigenvalue weighted by atomic mass is 35.5. The fraction of sp³-hybridized carbons (Fsp3) is 0.500.